The van der Waals surface area contributed by atoms with Crippen LogP contribution in [0.5, 0.6) is 5.75 Å². The van der Waals surface area contributed by atoms with E-state index >= 15 is 0 Å². The van der Waals surface area contributed by atoms with Crippen LogP contribution >= 0.6 is 11.3 Å². The van der Waals surface area contributed by atoms with E-state index in [1.807, 2.05) is 11.4 Å². The van der Waals surface area contributed by atoms with Crippen molar-refractivity contribution in [1.82, 2.24) is 4.90 Å². The smallest absolute Gasteiger partial charge is 0.346 e. The molecule has 7 heteroatoms. The average molecular weight is 350 g/mol. The highest BCUT2D eigenvalue weighted by Gasteiger charge is 2.20. The summed E-state index contributed by atoms with van der Waals surface area (Å²) in [5.41, 5.74) is 1.80. The normalized spacial score (nSPS) is 15.5. The molecule has 0 spiro atoms. The largest absolute Gasteiger partial charge is 0.494 e. The lowest BCUT2D eigenvalue weighted by Crippen LogP contribution is -2.46. The number of piperazine rings is 1. The van der Waals surface area contributed by atoms with Gasteiger partial charge in [-0.3, -0.25) is 4.90 Å². The molecule has 2 heterocycles. The SMILES string of the molecule is COc1cc(N2CCN(Cc3ccsc3C(=O)O)CC2)ccc1F. The molecular weight excluding hydrogens is 331 g/mol. The van der Waals surface area contributed by atoms with Gasteiger partial charge in [0.25, 0.3) is 0 Å². The van der Waals surface area contributed by atoms with Crippen LogP contribution in [-0.2, 0) is 6.54 Å². The van der Waals surface area contributed by atoms with E-state index in [2.05, 4.69) is 9.80 Å². The Bertz CT molecular complexity index is 726. The Morgan fingerprint density at radius 3 is 2.71 bits per heavy atom. The van der Waals surface area contributed by atoms with Crippen molar-refractivity contribution in [2.45, 2.75) is 6.54 Å². The second-order valence-electron chi connectivity index (χ2n) is 5.66. The van der Waals surface area contributed by atoms with Crippen molar-refractivity contribution in [2.24, 2.45) is 0 Å². The number of carboxylic acids is 1. The number of carboxylic acid groups (broad SMARTS) is 1. The molecule has 0 atom stereocenters. The number of rotatable bonds is 5. The van der Waals surface area contributed by atoms with Crippen molar-refractivity contribution in [3.05, 3.63) is 45.9 Å². The molecule has 0 bridgehead atoms. The zero-order valence-corrected chi connectivity index (χ0v) is 14.2. The summed E-state index contributed by atoms with van der Waals surface area (Å²) in [5, 5.41) is 11.0. The van der Waals surface area contributed by atoms with Gasteiger partial charge in [-0.2, -0.15) is 0 Å². The van der Waals surface area contributed by atoms with Gasteiger partial charge in [0.05, 0.1) is 7.11 Å². The highest BCUT2D eigenvalue weighted by atomic mass is 32.1. The van der Waals surface area contributed by atoms with E-state index in [1.54, 1.807) is 12.1 Å². The van der Waals surface area contributed by atoms with E-state index in [1.165, 1.54) is 24.5 Å². The molecule has 128 valence electrons. The third kappa shape index (κ3) is 3.52. The minimum absolute atomic E-state index is 0.249. The lowest BCUT2D eigenvalue weighted by molar-refractivity contribution is 0.0700. The Balaban J connectivity index is 1.61. The second-order valence-corrected chi connectivity index (χ2v) is 6.58. The predicted octanol–water partition coefficient (Wildman–Crippen LogP) is 2.92. The van der Waals surface area contributed by atoms with Crippen molar-refractivity contribution in [3.63, 3.8) is 0 Å². The van der Waals surface area contributed by atoms with Crippen LogP contribution in [0, 0.1) is 5.82 Å². The molecular formula is C17H19FN2O3S. The summed E-state index contributed by atoms with van der Waals surface area (Å²) in [4.78, 5) is 16.0. The third-order valence-corrected chi connectivity index (χ3v) is 5.15. The van der Waals surface area contributed by atoms with Gasteiger partial charge in [-0.25, -0.2) is 9.18 Å². The van der Waals surface area contributed by atoms with Crippen molar-refractivity contribution in [1.29, 1.82) is 0 Å². The minimum Gasteiger partial charge on any atom is -0.494 e. The Morgan fingerprint density at radius 2 is 2.04 bits per heavy atom. The molecule has 0 aliphatic carbocycles. The van der Waals surface area contributed by atoms with E-state index < -0.39 is 5.97 Å². The number of halogens is 1. The predicted molar refractivity (Wildman–Crippen MR) is 91.7 cm³/mol. The fourth-order valence-electron chi connectivity index (χ4n) is 2.90. The highest BCUT2D eigenvalue weighted by molar-refractivity contribution is 7.12. The molecule has 1 aliphatic heterocycles. The molecule has 1 N–H and O–H groups in total. The van der Waals surface area contributed by atoms with Gasteiger partial charge >= 0.3 is 5.97 Å². The van der Waals surface area contributed by atoms with Crippen molar-refractivity contribution in [2.75, 3.05) is 38.2 Å². The van der Waals surface area contributed by atoms with E-state index in [9.17, 15) is 14.3 Å². The summed E-state index contributed by atoms with van der Waals surface area (Å²) >= 11 is 1.26. The number of anilines is 1. The number of hydrogen-bond acceptors (Lipinski definition) is 5. The number of nitrogens with zero attached hydrogens (tertiary/aromatic N) is 2. The van der Waals surface area contributed by atoms with Gasteiger partial charge in [0.1, 0.15) is 4.88 Å². The molecule has 0 saturated carbocycles. The standard InChI is InChI=1S/C17H19FN2O3S/c1-23-15-10-13(2-3-14(15)18)20-7-5-19(6-8-20)11-12-4-9-24-16(12)17(21)22/h2-4,9-10H,5-8,11H2,1H3,(H,21,22). The van der Waals surface area contributed by atoms with Crippen LogP contribution in [0.2, 0.25) is 0 Å². The van der Waals surface area contributed by atoms with Crippen LogP contribution < -0.4 is 9.64 Å². The summed E-state index contributed by atoms with van der Waals surface area (Å²) in [6.07, 6.45) is 0. The quantitative estimate of drug-likeness (QED) is 0.899. The number of hydrogen-bond donors (Lipinski definition) is 1. The first-order valence-corrected chi connectivity index (χ1v) is 8.57. The maximum Gasteiger partial charge on any atom is 0.346 e. The Labute approximate surface area is 143 Å². The fraction of sp³-hybridized carbons (Fsp3) is 0.353. The van der Waals surface area contributed by atoms with Crippen LogP contribution in [0.1, 0.15) is 15.2 Å². The number of aromatic carboxylic acids is 1. The molecule has 1 aromatic carbocycles. The van der Waals surface area contributed by atoms with Gasteiger partial charge in [-0.05, 0) is 29.1 Å². The summed E-state index contributed by atoms with van der Waals surface area (Å²) in [7, 11) is 1.46. The van der Waals surface area contributed by atoms with E-state index in [4.69, 9.17) is 4.74 Å². The van der Waals surface area contributed by atoms with E-state index in [0.29, 0.717) is 11.4 Å². The first-order chi connectivity index (χ1) is 11.6. The fourth-order valence-corrected chi connectivity index (χ4v) is 3.65. The number of carbonyl (C=O) groups is 1. The van der Waals surface area contributed by atoms with Crippen molar-refractivity contribution >= 4 is 23.0 Å². The summed E-state index contributed by atoms with van der Waals surface area (Å²) in [6, 6.07) is 6.78. The average Bonchev–Trinajstić information content (AvgIpc) is 3.04. The Kier molecular flexibility index (Phi) is 5.01. The highest BCUT2D eigenvalue weighted by Crippen LogP contribution is 2.26. The Morgan fingerprint density at radius 1 is 1.29 bits per heavy atom. The molecule has 1 aliphatic rings. The molecule has 0 amide bonds. The van der Waals surface area contributed by atoms with Crippen LogP contribution in [0.25, 0.3) is 0 Å². The van der Waals surface area contributed by atoms with Gasteiger partial charge in [0.15, 0.2) is 11.6 Å². The van der Waals surface area contributed by atoms with Crippen LogP contribution in [0.4, 0.5) is 10.1 Å². The van der Waals surface area contributed by atoms with E-state index in [-0.39, 0.29) is 11.6 Å². The van der Waals surface area contributed by atoms with Crippen LogP contribution in [0.3, 0.4) is 0 Å². The molecule has 24 heavy (non-hydrogen) atoms. The number of thiophene rings is 1. The molecule has 0 unspecified atom stereocenters. The van der Waals surface area contributed by atoms with Crippen LogP contribution in [-0.4, -0.2) is 49.3 Å². The zero-order chi connectivity index (χ0) is 17.1. The van der Waals surface area contributed by atoms with Crippen LogP contribution in [0.15, 0.2) is 29.6 Å². The monoisotopic (exact) mass is 350 g/mol. The summed E-state index contributed by atoms with van der Waals surface area (Å²) in [5.74, 6) is -0.977. The molecule has 3 rings (SSSR count). The number of methoxy groups -OCH3 is 1. The van der Waals surface area contributed by atoms with Gasteiger partial charge in [-0.15, -0.1) is 11.3 Å². The zero-order valence-electron chi connectivity index (χ0n) is 13.4. The van der Waals surface area contributed by atoms with Gasteiger partial charge in [0, 0.05) is 44.5 Å². The van der Waals surface area contributed by atoms with E-state index in [0.717, 1.165) is 37.4 Å². The van der Waals surface area contributed by atoms with Crippen molar-refractivity contribution < 1.29 is 19.0 Å². The Hall–Kier alpha value is -2.12. The van der Waals surface area contributed by atoms with Crippen molar-refractivity contribution in [3.8, 4) is 5.75 Å². The first kappa shape index (κ1) is 16.7. The maximum atomic E-state index is 13.5. The third-order valence-electron chi connectivity index (χ3n) is 4.21. The lowest BCUT2D eigenvalue weighted by Gasteiger charge is -2.36. The summed E-state index contributed by atoms with van der Waals surface area (Å²) < 4.78 is 18.6. The number of benzene rings is 1. The topological polar surface area (TPSA) is 53.0 Å². The molecule has 1 aromatic heterocycles. The molecule has 2 aromatic rings. The van der Waals surface area contributed by atoms with Gasteiger partial charge < -0.3 is 14.7 Å². The van der Waals surface area contributed by atoms with Gasteiger partial charge in [-0.1, -0.05) is 0 Å². The molecule has 1 fully saturated rings. The molecule has 0 radical (unpaired) electrons. The second kappa shape index (κ2) is 7.19. The molecule has 1 saturated heterocycles. The van der Waals surface area contributed by atoms with Gasteiger partial charge in [0.2, 0.25) is 0 Å². The number of ether oxygens (including phenoxy) is 1. The summed E-state index contributed by atoms with van der Waals surface area (Å²) in [6.45, 7) is 3.91. The first-order valence-electron chi connectivity index (χ1n) is 7.69. The minimum atomic E-state index is -0.864. The lowest BCUT2D eigenvalue weighted by atomic mass is 10.2. The maximum absolute atomic E-state index is 13.5. The molecule has 5 nitrogen and oxygen atoms in total.